The van der Waals surface area contributed by atoms with E-state index < -0.39 is 0 Å². The molecule has 1 N–H and O–H groups in total. The zero-order chi connectivity index (χ0) is 14.1. The van der Waals surface area contributed by atoms with Crippen molar-refractivity contribution < 1.29 is 4.79 Å². The number of halogens is 1. The lowest BCUT2D eigenvalue weighted by atomic mass is 10.2. The van der Waals surface area contributed by atoms with Gasteiger partial charge in [0.05, 0.1) is 11.4 Å². The summed E-state index contributed by atoms with van der Waals surface area (Å²) in [6, 6.07) is 9.29. The highest BCUT2D eigenvalue weighted by atomic mass is 35.5. The molecule has 6 heteroatoms. The molecule has 0 fully saturated rings. The number of aromatic nitrogens is 2. The van der Waals surface area contributed by atoms with E-state index in [0.29, 0.717) is 23.2 Å². The van der Waals surface area contributed by atoms with Gasteiger partial charge in [-0.1, -0.05) is 30.7 Å². The van der Waals surface area contributed by atoms with E-state index in [2.05, 4.69) is 15.3 Å². The lowest BCUT2D eigenvalue weighted by molar-refractivity contribution is -0.115. The molecule has 1 aliphatic heterocycles. The molecule has 1 amide bonds. The Bertz CT molecular complexity index is 674. The molecule has 0 atom stereocenters. The first-order valence-electron chi connectivity index (χ1n) is 6.37. The summed E-state index contributed by atoms with van der Waals surface area (Å²) in [7, 11) is 0. The molecule has 0 bridgehead atoms. The van der Waals surface area contributed by atoms with Gasteiger partial charge in [-0.15, -0.1) is 0 Å². The van der Waals surface area contributed by atoms with Gasteiger partial charge in [0.25, 0.3) is 0 Å². The van der Waals surface area contributed by atoms with Gasteiger partial charge in [0.1, 0.15) is 23.3 Å². The largest absolute Gasteiger partial charge is 0.323 e. The predicted molar refractivity (Wildman–Crippen MR) is 78.5 cm³/mol. The number of rotatable bonds is 2. The molecule has 2 heterocycles. The van der Waals surface area contributed by atoms with E-state index in [1.807, 2.05) is 36.1 Å². The molecule has 3 rings (SSSR count). The molecule has 1 aliphatic rings. The van der Waals surface area contributed by atoms with E-state index in [0.717, 1.165) is 11.4 Å². The maximum atomic E-state index is 11.8. The maximum absolute atomic E-state index is 11.8. The minimum Gasteiger partial charge on any atom is -0.323 e. The molecule has 2 aromatic rings. The molecule has 0 unspecified atom stereocenters. The Labute approximate surface area is 121 Å². The van der Waals surface area contributed by atoms with Crippen molar-refractivity contribution in [2.24, 2.45) is 0 Å². The van der Waals surface area contributed by atoms with Crippen LogP contribution in [0.15, 0.2) is 30.3 Å². The van der Waals surface area contributed by atoms with Crippen molar-refractivity contribution in [3.05, 3.63) is 41.3 Å². The minimum atomic E-state index is -0.0727. The topological polar surface area (TPSA) is 58.1 Å². The zero-order valence-corrected chi connectivity index (χ0v) is 11.7. The van der Waals surface area contributed by atoms with Crippen LogP contribution in [-0.4, -0.2) is 22.4 Å². The summed E-state index contributed by atoms with van der Waals surface area (Å²) in [6.45, 7) is 2.18. The van der Waals surface area contributed by atoms with Gasteiger partial charge in [0.2, 0.25) is 5.91 Å². The van der Waals surface area contributed by atoms with Gasteiger partial charge < -0.3 is 10.2 Å². The summed E-state index contributed by atoms with van der Waals surface area (Å²) in [5, 5.41) is 3.23. The average molecular weight is 289 g/mol. The van der Waals surface area contributed by atoms with Crippen LogP contribution < -0.4 is 10.2 Å². The number of nitrogens with one attached hydrogen (secondary N) is 1. The predicted octanol–water partition coefficient (Wildman–Crippen LogP) is 2.78. The number of carbonyl (C=O) groups excluding carboxylic acids is 1. The van der Waals surface area contributed by atoms with E-state index in [-0.39, 0.29) is 12.5 Å². The molecule has 20 heavy (non-hydrogen) atoms. The van der Waals surface area contributed by atoms with Gasteiger partial charge in [0.15, 0.2) is 0 Å². The molecule has 0 aliphatic carbocycles. The number of benzene rings is 1. The highest BCUT2D eigenvalue weighted by Gasteiger charge is 2.24. The van der Waals surface area contributed by atoms with E-state index in [9.17, 15) is 4.79 Å². The molecule has 0 saturated heterocycles. The minimum absolute atomic E-state index is 0.0727. The first-order chi connectivity index (χ1) is 9.67. The first kappa shape index (κ1) is 12.9. The number of hydrogen-bond acceptors (Lipinski definition) is 4. The molecular formula is C14H13ClN4O. The summed E-state index contributed by atoms with van der Waals surface area (Å²) in [5.41, 5.74) is 1.68. The van der Waals surface area contributed by atoms with Crippen molar-refractivity contribution in [1.82, 2.24) is 9.97 Å². The summed E-state index contributed by atoms with van der Waals surface area (Å²) in [5.74, 6) is 1.23. The van der Waals surface area contributed by atoms with Gasteiger partial charge in [-0.25, -0.2) is 9.97 Å². The summed E-state index contributed by atoms with van der Waals surface area (Å²) < 4.78 is 0. The second-order valence-electron chi connectivity index (χ2n) is 4.47. The Morgan fingerprint density at radius 2 is 2.15 bits per heavy atom. The van der Waals surface area contributed by atoms with Crippen molar-refractivity contribution in [1.29, 1.82) is 0 Å². The first-order valence-corrected chi connectivity index (χ1v) is 6.75. The molecule has 1 aromatic heterocycles. The Morgan fingerprint density at radius 3 is 2.95 bits per heavy atom. The third-order valence-electron chi connectivity index (χ3n) is 3.09. The number of para-hydroxylation sites is 2. The summed E-state index contributed by atoms with van der Waals surface area (Å²) in [4.78, 5) is 22.3. The second-order valence-corrected chi connectivity index (χ2v) is 4.86. The van der Waals surface area contributed by atoms with Crippen LogP contribution in [0.2, 0.25) is 5.15 Å². The average Bonchev–Trinajstić information content (AvgIpc) is 2.45. The molecule has 102 valence electrons. The molecule has 0 saturated carbocycles. The van der Waals surface area contributed by atoms with Crippen LogP contribution in [0.5, 0.6) is 0 Å². The standard InChI is InChI=1S/C14H13ClN4O/c1-2-12-17-11(15)7-13(18-12)19-8-14(20)16-9-5-3-4-6-10(9)19/h3-7H,2,8H2,1H3,(H,16,20). The van der Waals surface area contributed by atoms with Crippen LogP contribution in [0, 0.1) is 0 Å². The fraction of sp³-hybridized carbons (Fsp3) is 0.214. The number of nitrogens with zero attached hydrogens (tertiary/aromatic N) is 3. The fourth-order valence-electron chi connectivity index (χ4n) is 2.19. The van der Waals surface area contributed by atoms with Crippen LogP contribution in [0.1, 0.15) is 12.7 Å². The van der Waals surface area contributed by atoms with Gasteiger partial charge in [0, 0.05) is 12.5 Å². The Morgan fingerprint density at radius 1 is 1.35 bits per heavy atom. The monoisotopic (exact) mass is 288 g/mol. The van der Waals surface area contributed by atoms with Crippen molar-refractivity contribution in [3.63, 3.8) is 0 Å². The maximum Gasteiger partial charge on any atom is 0.244 e. The third kappa shape index (κ3) is 2.32. The number of fused-ring (bicyclic) bond motifs is 1. The number of anilines is 3. The zero-order valence-electron chi connectivity index (χ0n) is 10.9. The highest BCUT2D eigenvalue weighted by molar-refractivity contribution is 6.29. The van der Waals surface area contributed by atoms with Crippen molar-refractivity contribution in [2.45, 2.75) is 13.3 Å². The molecule has 1 aromatic carbocycles. The quantitative estimate of drug-likeness (QED) is 0.863. The Balaban J connectivity index is 2.10. The van der Waals surface area contributed by atoms with Crippen LogP contribution in [0.4, 0.5) is 17.2 Å². The fourth-order valence-corrected chi connectivity index (χ4v) is 2.38. The van der Waals surface area contributed by atoms with Crippen LogP contribution >= 0.6 is 11.6 Å². The van der Waals surface area contributed by atoms with Crippen molar-refractivity contribution in [3.8, 4) is 0 Å². The van der Waals surface area contributed by atoms with Crippen molar-refractivity contribution >= 4 is 34.7 Å². The van der Waals surface area contributed by atoms with Crippen LogP contribution in [0.3, 0.4) is 0 Å². The highest BCUT2D eigenvalue weighted by Crippen LogP contribution is 2.34. The Kier molecular flexibility index (Phi) is 3.28. The van der Waals surface area contributed by atoms with Crippen LogP contribution in [0.25, 0.3) is 0 Å². The molecule has 0 radical (unpaired) electrons. The van der Waals surface area contributed by atoms with Gasteiger partial charge in [-0.05, 0) is 12.1 Å². The number of aryl methyl sites for hydroxylation is 1. The molecule has 0 spiro atoms. The normalized spacial score (nSPS) is 13.9. The molecular weight excluding hydrogens is 276 g/mol. The van der Waals surface area contributed by atoms with Gasteiger partial charge in [-0.2, -0.15) is 0 Å². The van der Waals surface area contributed by atoms with Crippen molar-refractivity contribution in [2.75, 3.05) is 16.8 Å². The number of hydrogen-bond donors (Lipinski definition) is 1. The summed E-state index contributed by atoms with van der Waals surface area (Å²) in [6.07, 6.45) is 0.690. The smallest absolute Gasteiger partial charge is 0.244 e. The lowest BCUT2D eigenvalue weighted by Crippen LogP contribution is -2.35. The van der Waals surface area contributed by atoms with E-state index in [1.165, 1.54) is 0 Å². The Hall–Kier alpha value is -2.14. The third-order valence-corrected chi connectivity index (χ3v) is 3.28. The number of amides is 1. The van der Waals surface area contributed by atoms with Crippen LogP contribution in [-0.2, 0) is 11.2 Å². The second kappa shape index (κ2) is 5.09. The molecule has 5 nitrogen and oxygen atoms in total. The van der Waals surface area contributed by atoms with E-state index in [1.54, 1.807) is 6.07 Å². The summed E-state index contributed by atoms with van der Waals surface area (Å²) >= 11 is 6.03. The SMILES string of the molecule is CCc1nc(Cl)cc(N2CC(=O)Nc3ccccc32)n1. The van der Waals surface area contributed by atoms with Gasteiger partial charge in [-0.3, -0.25) is 4.79 Å². The van der Waals surface area contributed by atoms with E-state index >= 15 is 0 Å². The lowest BCUT2D eigenvalue weighted by Gasteiger charge is -2.30. The number of carbonyl (C=O) groups is 1. The van der Waals surface area contributed by atoms with E-state index in [4.69, 9.17) is 11.6 Å². The van der Waals surface area contributed by atoms with Gasteiger partial charge >= 0.3 is 0 Å².